The molecule has 0 aliphatic rings. The van der Waals surface area contributed by atoms with Gasteiger partial charge < -0.3 is 11.1 Å². The molecule has 0 saturated heterocycles. The maximum atomic E-state index is 12.3. The lowest BCUT2D eigenvalue weighted by atomic mass is 10.1. The number of carbonyl (C=O) groups excluding carboxylic acids is 1. The minimum atomic E-state index is -0.302. The minimum absolute atomic E-state index is 0.236. The fourth-order valence-corrected chi connectivity index (χ4v) is 2.68. The second-order valence-corrected chi connectivity index (χ2v) is 6.58. The number of hydrogen-bond donors (Lipinski definition) is 2. The molecule has 0 saturated carbocycles. The predicted octanol–water partition coefficient (Wildman–Crippen LogP) is 4.48. The van der Waals surface area contributed by atoms with Gasteiger partial charge in [-0.15, -0.1) is 0 Å². The van der Waals surface area contributed by atoms with Gasteiger partial charge >= 0.3 is 0 Å². The molecule has 3 nitrogen and oxygen atoms in total. The van der Waals surface area contributed by atoms with Crippen molar-refractivity contribution in [3.63, 3.8) is 0 Å². The Kier molecular flexibility index (Phi) is 5.43. The lowest BCUT2D eigenvalue weighted by Gasteiger charge is -2.10. The zero-order chi connectivity index (χ0) is 15.6. The summed E-state index contributed by atoms with van der Waals surface area (Å²) in [5.41, 5.74) is 7.12. The van der Waals surface area contributed by atoms with Gasteiger partial charge in [0.2, 0.25) is 0 Å². The van der Waals surface area contributed by atoms with Crippen LogP contribution in [-0.2, 0) is 0 Å². The molecule has 0 unspecified atom stereocenters. The van der Waals surface area contributed by atoms with Crippen LogP contribution in [0.5, 0.6) is 0 Å². The third-order valence-electron chi connectivity index (χ3n) is 2.67. The summed E-state index contributed by atoms with van der Waals surface area (Å²) in [5, 5.41) is 3.63. The largest absolute Gasteiger partial charge is 0.389 e. The summed E-state index contributed by atoms with van der Waals surface area (Å²) in [6.07, 6.45) is 0. The highest BCUT2D eigenvalue weighted by atomic mass is 127. The van der Waals surface area contributed by atoms with Crippen LogP contribution in [0.4, 0.5) is 5.69 Å². The molecule has 0 aliphatic carbocycles. The Hall–Kier alpha value is -0.890. The number of thiocarbonyl (C=S) groups is 1. The van der Waals surface area contributed by atoms with Gasteiger partial charge in [0.15, 0.2) is 0 Å². The summed E-state index contributed by atoms with van der Waals surface area (Å²) in [6.45, 7) is 0. The van der Waals surface area contributed by atoms with Gasteiger partial charge in [0.1, 0.15) is 4.99 Å². The third-order valence-corrected chi connectivity index (χ3v) is 4.41. The Morgan fingerprint density at radius 1 is 1.19 bits per heavy atom. The van der Waals surface area contributed by atoms with E-state index in [1.165, 1.54) is 0 Å². The highest BCUT2D eigenvalue weighted by molar-refractivity contribution is 14.1. The van der Waals surface area contributed by atoms with Crippen LogP contribution in [-0.4, -0.2) is 10.9 Å². The van der Waals surface area contributed by atoms with Gasteiger partial charge in [-0.3, -0.25) is 4.79 Å². The highest BCUT2D eigenvalue weighted by Gasteiger charge is 2.13. The van der Waals surface area contributed by atoms with Gasteiger partial charge in [0, 0.05) is 14.2 Å². The van der Waals surface area contributed by atoms with Crippen LogP contribution in [0.2, 0.25) is 10.0 Å². The maximum absolute atomic E-state index is 12.3. The van der Waals surface area contributed by atoms with E-state index in [4.69, 9.17) is 41.2 Å². The monoisotopic (exact) mass is 450 g/mol. The van der Waals surface area contributed by atoms with Crippen LogP contribution < -0.4 is 11.1 Å². The van der Waals surface area contributed by atoms with Crippen LogP contribution in [0.25, 0.3) is 0 Å². The molecule has 2 aromatic carbocycles. The first-order chi connectivity index (χ1) is 9.88. The predicted molar refractivity (Wildman–Crippen MR) is 99.5 cm³/mol. The van der Waals surface area contributed by atoms with E-state index < -0.39 is 0 Å². The van der Waals surface area contributed by atoms with Crippen LogP contribution in [0.3, 0.4) is 0 Å². The topological polar surface area (TPSA) is 55.1 Å². The first-order valence-corrected chi connectivity index (χ1v) is 7.98. The number of halogens is 3. The van der Waals surface area contributed by atoms with Gasteiger partial charge in [-0.25, -0.2) is 0 Å². The lowest BCUT2D eigenvalue weighted by Crippen LogP contribution is -2.15. The number of nitrogens with one attached hydrogen (secondary N) is 1. The molecule has 0 aliphatic heterocycles. The van der Waals surface area contributed by atoms with E-state index in [9.17, 15) is 4.79 Å². The normalized spacial score (nSPS) is 10.2. The number of carbonyl (C=O) groups is 1. The molecule has 3 N–H and O–H groups in total. The standard InChI is InChI=1S/C14H9Cl2IN2OS/c15-8-2-4-11(17)9(6-8)14(20)19-12-5-7(13(18)21)1-3-10(12)16/h1-6H,(H2,18,21)(H,19,20). The second kappa shape index (κ2) is 6.91. The number of nitrogens with two attached hydrogens (primary N) is 1. The number of benzene rings is 2. The van der Waals surface area contributed by atoms with Crippen molar-refractivity contribution in [3.8, 4) is 0 Å². The zero-order valence-electron chi connectivity index (χ0n) is 10.5. The Morgan fingerprint density at radius 2 is 1.90 bits per heavy atom. The van der Waals surface area contributed by atoms with E-state index in [0.717, 1.165) is 3.57 Å². The van der Waals surface area contributed by atoms with E-state index in [1.54, 1.807) is 36.4 Å². The molecule has 0 aromatic heterocycles. The van der Waals surface area contributed by atoms with E-state index in [1.807, 2.05) is 0 Å². The highest BCUT2D eigenvalue weighted by Crippen LogP contribution is 2.25. The Labute approximate surface area is 150 Å². The second-order valence-electron chi connectivity index (χ2n) is 4.14. The van der Waals surface area contributed by atoms with Crippen LogP contribution >= 0.6 is 58.0 Å². The van der Waals surface area contributed by atoms with E-state index in [0.29, 0.717) is 26.9 Å². The molecule has 21 heavy (non-hydrogen) atoms. The molecule has 0 fully saturated rings. The van der Waals surface area contributed by atoms with Crippen molar-refractivity contribution >= 4 is 74.6 Å². The molecule has 7 heteroatoms. The fraction of sp³-hybridized carbons (Fsp3) is 0. The molecule has 2 aromatic rings. The Bertz CT molecular complexity index is 737. The van der Waals surface area contributed by atoms with Gasteiger partial charge in [-0.2, -0.15) is 0 Å². The van der Waals surface area contributed by atoms with E-state index in [2.05, 4.69) is 27.9 Å². The van der Waals surface area contributed by atoms with Gasteiger partial charge in [-0.05, 0) is 52.9 Å². The molecule has 2 rings (SSSR count). The molecule has 0 spiro atoms. The molecule has 0 atom stereocenters. The van der Waals surface area contributed by atoms with Crippen LogP contribution in [0, 0.1) is 3.57 Å². The average Bonchev–Trinajstić information content (AvgIpc) is 2.43. The molecule has 1 amide bonds. The minimum Gasteiger partial charge on any atom is -0.389 e. The number of anilines is 1. The van der Waals surface area contributed by atoms with Crippen molar-refractivity contribution in [1.82, 2.24) is 0 Å². The summed E-state index contributed by atoms with van der Waals surface area (Å²) in [6, 6.07) is 10.1. The maximum Gasteiger partial charge on any atom is 0.256 e. The van der Waals surface area contributed by atoms with Crippen molar-refractivity contribution in [2.24, 2.45) is 5.73 Å². The summed E-state index contributed by atoms with van der Waals surface area (Å²) < 4.78 is 0.788. The molecular weight excluding hydrogens is 442 g/mol. The molecule has 0 radical (unpaired) electrons. The molecular formula is C14H9Cl2IN2OS. The van der Waals surface area contributed by atoms with Crippen molar-refractivity contribution < 1.29 is 4.79 Å². The number of hydrogen-bond acceptors (Lipinski definition) is 2. The Morgan fingerprint density at radius 3 is 2.57 bits per heavy atom. The number of amides is 1. The lowest BCUT2D eigenvalue weighted by molar-refractivity contribution is 0.102. The zero-order valence-corrected chi connectivity index (χ0v) is 15.0. The summed E-state index contributed by atoms with van der Waals surface area (Å²) in [5.74, 6) is -0.302. The van der Waals surface area contributed by atoms with Crippen molar-refractivity contribution in [2.45, 2.75) is 0 Å². The quantitative estimate of drug-likeness (QED) is 0.535. The van der Waals surface area contributed by atoms with E-state index >= 15 is 0 Å². The first kappa shape index (κ1) is 16.5. The van der Waals surface area contributed by atoms with Gasteiger partial charge in [0.25, 0.3) is 5.91 Å². The summed E-state index contributed by atoms with van der Waals surface area (Å²) >= 11 is 19.0. The number of rotatable bonds is 3. The molecule has 0 heterocycles. The van der Waals surface area contributed by atoms with Crippen molar-refractivity contribution in [3.05, 3.63) is 61.1 Å². The van der Waals surface area contributed by atoms with Gasteiger partial charge in [0.05, 0.1) is 16.3 Å². The van der Waals surface area contributed by atoms with E-state index in [-0.39, 0.29) is 10.9 Å². The van der Waals surface area contributed by atoms with Crippen LogP contribution in [0.1, 0.15) is 15.9 Å². The fourth-order valence-electron chi connectivity index (χ4n) is 1.64. The smallest absolute Gasteiger partial charge is 0.256 e. The average molecular weight is 451 g/mol. The molecule has 0 bridgehead atoms. The van der Waals surface area contributed by atoms with Crippen LogP contribution in [0.15, 0.2) is 36.4 Å². The third kappa shape index (κ3) is 4.06. The molecule has 108 valence electrons. The van der Waals surface area contributed by atoms with Crippen molar-refractivity contribution in [2.75, 3.05) is 5.32 Å². The SMILES string of the molecule is NC(=S)c1ccc(Cl)c(NC(=O)c2cc(Cl)ccc2I)c1. The van der Waals surface area contributed by atoms with Crippen molar-refractivity contribution in [1.29, 1.82) is 0 Å². The first-order valence-electron chi connectivity index (χ1n) is 5.74. The summed E-state index contributed by atoms with van der Waals surface area (Å²) in [7, 11) is 0. The summed E-state index contributed by atoms with van der Waals surface area (Å²) in [4.78, 5) is 12.6. The Balaban J connectivity index is 2.33. The van der Waals surface area contributed by atoms with Gasteiger partial charge in [-0.1, -0.05) is 41.5 Å².